The second kappa shape index (κ2) is 7.04. The van der Waals surface area contributed by atoms with Gasteiger partial charge in [-0.1, -0.05) is 6.07 Å². The molecule has 3 rings (SSSR count). The summed E-state index contributed by atoms with van der Waals surface area (Å²) < 4.78 is 21.5. The minimum atomic E-state index is -1.25. The fourth-order valence-electron chi connectivity index (χ4n) is 2.80. The number of hydrogen-bond donors (Lipinski definition) is 3. The largest absolute Gasteiger partial charge is 0.504 e. The van der Waals surface area contributed by atoms with E-state index in [9.17, 15) is 15.3 Å². The van der Waals surface area contributed by atoms with Gasteiger partial charge in [0.05, 0.1) is 13.7 Å². The average molecular weight is 339 g/mol. The Hall–Kier alpha value is -1.71. The summed E-state index contributed by atoms with van der Waals surface area (Å²) in [4.78, 5) is 4.15. The van der Waals surface area contributed by atoms with Crippen molar-refractivity contribution in [2.24, 2.45) is 4.99 Å². The monoisotopic (exact) mass is 339 g/mol. The number of aliphatic hydroxyl groups is 2. The number of ether oxygens (including phenoxy) is 4. The van der Waals surface area contributed by atoms with Crippen LogP contribution in [0.15, 0.2) is 23.2 Å². The number of benzene rings is 1. The van der Waals surface area contributed by atoms with Crippen molar-refractivity contribution >= 4 is 6.21 Å². The fraction of sp³-hybridized carbons (Fsp3) is 0.562. The number of nitrogens with zero attached hydrogens (tertiary/aromatic N) is 1. The van der Waals surface area contributed by atoms with Crippen LogP contribution in [0.1, 0.15) is 12.5 Å². The third-order valence-corrected chi connectivity index (χ3v) is 4.11. The molecule has 0 bridgehead atoms. The molecule has 6 unspecified atom stereocenters. The highest BCUT2D eigenvalue weighted by Gasteiger charge is 2.47. The van der Waals surface area contributed by atoms with Crippen molar-refractivity contribution in [3.63, 3.8) is 0 Å². The number of rotatable bonds is 3. The van der Waals surface area contributed by atoms with E-state index in [4.69, 9.17) is 18.9 Å². The van der Waals surface area contributed by atoms with E-state index in [1.807, 2.05) is 0 Å². The Labute approximate surface area is 139 Å². The summed E-state index contributed by atoms with van der Waals surface area (Å²) in [5.74, 6) is 0.248. The van der Waals surface area contributed by atoms with E-state index in [-0.39, 0.29) is 12.4 Å². The van der Waals surface area contributed by atoms with Crippen molar-refractivity contribution in [2.75, 3.05) is 13.7 Å². The molecular formula is C16H21NO7. The second-order valence-corrected chi connectivity index (χ2v) is 5.72. The van der Waals surface area contributed by atoms with Gasteiger partial charge >= 0.3 is 0 Å². The Morgan fingerprint density at radius 1 is 1.25 bits per heavy atom. The minimum Gasteiger partial charge on any atom is -0.504 e. The number of para-hydroxylation sites is 1. The second-order valence-electron chi connectivity index (χ2n) is 5.72. The summed E-state index contributed by atoms with van der Waals surface area (Å²) in [6.07, 6.45) is -3.68. The summed E-state index contributed by atoms with van der Waals surface area (Å²) in [7, 11) is 1.45. The zero-order valence-corrected chi connectivity index (χ0v) is 13.4. The predicted octanol–water partition coefficient (Wildman–Crippen LogP) is 0.0278. The van der Waals surface area contributed by atoms with Crippen LogP contribution in [0.25, 0.3) is 0 Å². The molecule has 0 radical (unpaired) electrons. The maximum atomic E-state index is 10.2. The molecule has 2 fully saturated rings. The Morgan fingerprint density at radius 2 is 2.04 bits per heavy atom. The molecule has 24 heavy (non-hydrogen) atoms. The van der Waals surface area contributed by atoms with E-state index in [0.717, 1.165) is 0 Å². The highest BCUT2D eigenvalue weighted by atomic mass is 16.7. The SMILES string of the molecule is COc1cccc(/C=N/C2OC3COC(C)OC3C(O)C2O)c1O. The molecule has 2 heterocycles. The van der Waals surface area contributed by atoms with Gasteiger partial charge in [0, 0.05) is 11.8 Å². The first-order valence-corrected chi connectivity index (χ1v) is 7.69. The molecule has 0 amide bonds. The molecule has 2 aliphatic rings. The molecule has 0 aliphatic carbocycles. The Balaban J connectivity index is 1.76. The van der Waals surface area contributed by atoms with E-state index >= 15 is 0 Å². The lowest BCUT2D eigenvalue weighted by Crippen LogP contribution is -2.62. The number of hydrogen-bond acceptors (Lipinski definition) is 8. The Kier molecular flexibility index (Phi) is 5.02. The van der Waals surface area contributed by atoms with Crippen LogP contribution in [-0.4, -0.2) is 72.2 Å². The van der Waals surface area contributed by atoms with Crippen LogP contribution in [0.2, 0.25) is 0 Å². The van der Waals surface area contributed by atoms with Crippen molar-refractivity contribution < 1.29 is 34.3 Å². The maximum absolute atomic E-state index is 10.2. The van der Waals surface area contributed by atoms with Gasteiger partial charge in [0.2, 0.25) is 0 Å². The molecule has 1 aromatic carbocycles. The molecular weight excluding hydrogens is 318 g/mol. The highest BCUT2D eigenvalue weighted by molar-refractivity contribution is 5.84. The maximum Gasteiger partial charge on any atom is 0.177 e. The summed E-state index contributed by atoms with van der Waals surface area (Å²) in [5, 5.41) is 30.5. The van der Waals surface area contributed by atoms with Crippen molar-refractivity contribution in [3.05, 3.63) is 23.8 Å². The summed E-state index contributed by atoms with van der Waals surface area (Å²) in [5.41, 5.74) is 0.409. The van der Waals surface area contributed by atoms with E-state index in [2.05, 4.69) is 4.99 Å². The van der Waals surface area contributed by atoms with Gasteiger partial charge in [0.25, 0.3) is 0 Å². The topological polar surface area (TPSA) is 110 Å². The van der Waals surface area contributed by atoms with E-state index in [1.165, 1.54) is 13.3 Å². The fourth-order valence-corrected chi connectivity index (χ4v) is 2.80. The van der Waals surface area contributed by atoms with E-state index < -0.39 is 36.9 Å². The first kappa shape index (κ1) is 17.1. The first-order chi connectivity index (χ1) is 11.5. The molecule has 3 N–H and O–H groups in total. The van der Waals surface area contributed by atoms with Gasteiger partial charge in [-0.2, -0.15) is 0 Å². The lowest BCUT2D eigenvalue weighted by Gasteiger charge is -2.44. The zero-order chi connectivity index (χ0) is 17.3. The van der Waals surface area contributed by atoms with Crippen molar-refractivity contribution in [1.29, 1.82) is 0 Å². The van der Waals surface area contributed by atoms with Crippen LogP contribution in [0.4, 0.5) is 0 Å². The smallest absolute Gasteiger partial charge is 0.177 e. The molecule has 6 atom stereocenters. The summed E-state index contributed by atoms with van der Waals surface area (Å²) in [6.45, 7) is 1.96. The standard InChI is InChI=1S/C16H21NO7/c1-8-22-7-11-15(23-8)13(19)14(20)16(24-11)17-6-9-4-3-5-10(21-2)12(9)18/h3-6,8,11,13-16,18-20H,7H2,1-2H3/b17-6+. The third kappa shape index (κ3) is 3.24. The lowest BCUT2D eigenvalue weighted by atomic mass is 9.97. The average Bonchev–Trinajstić information content (AvgIpc) is 2.58. The molecule has 132 valence electrons. The molecule has 0 spiro atoms. The number of phenolic OH excluding ortho intramolecular Hbond substituents is 1. The van der Waals surface area contributed by atoms with Gasteiger partial charge in [-0.15, -0.1) is 0 Å². The molecule has 2 saturated heterocycles. The van der Waals surface area contributed by atoms with Gasteiger partial charge in [-0.05, 0) is 19.1 Å². The van der Waals surface area contributed by atoms with Crippen LogP contribution < -0.4 is 4.74 Å². The molecule has 8 nitrogen and oxygen atoms in total. The number of aliphatic imine (C=N–C) groups is 1. The number of fused-ring (bicyclic) bond motifs is 1. The number of aliphatic hydroxyl groups excluding tert-OH is 2. The van der Waals surface area contributed by atoms with Crippen molar-refractivity contribution in [1.82, 2.24) is 0 Å². The normalized spacial score (nSPS) is 36.5. The molecule has 0 aromatic heterocycles. The molecule has 1 aromatic rings. The summed E-state index contributed by atoms with van der Waals surface area (Å²) >= 11 is 0. The minimum absolute atomic E-state index is 0.0642. The van der Waals surface area contributed by atoms with Gasteiger partial charge in [-0.25, -0.2) is 0 Å². The number of aromatic hydroxyl groups is 1. The zero-order valence-electron chi connectivity index (χ0n) is 13.4. The van der Waals surface area contributed by atoms with Gasteiger partial charge in [0.15, 0.2) is 24.0 Å². The van der Waals surface area contributed by atoms with Crippen LogP contribution >= 0.6 is 0 Å². The van der Waals surface area contributed by atoms with Gasteiger partial charge in [-0.3, -0.25) is 4.99 Å². The molecule has 2 aliphatic heterocycles. The first-order valence-electron chi connectivity index (χ1n) is 7.69. The van der Waals surface area contributed by atoms with E-state index in [1.54, 1.807) is 25.1 Å². The predicted molar refractivity (Wildman–Crippen MR) is 83.2 cm³/mol. The highest BCUT2D eigenvalue weighted by Crippen LogP contribution is 2.30. The number of methoxy groups -OCH3 is 1. The van der Waals surface area contributed by atoms with Crippen LogP contribution in [0.3, 0.4) is 0 Å². The van der Waals surface area contributed by atoms with Crippen molar-refractivity contribution in [2.45, 2.75) is 43.9 Å². The van der Waals surface area contributed by atoms with Gasteiger partial charge < -0.3 is 34.3 Å². The summed E-state index contributed by atoms with van der Waals surface area (Å²) in [6, 6.07) is 4.96. The van der Waals surface area contributed by atoms with E-state index in [0.29, 0.717) is 11.3 Å². The Morgan fingerprint density at radius 3 is 2.79 bits per heavy atom. The van der Waals surface area contributed by atoms with Gasteiger partial charge in [0.1, 0.15) is 24.4 Å². The van der Waals surface area contributed by atoms with Crippen LogP contribution in [-0.2, 0) is 14.2 Å². The quantitative estimate of drug-likeness (QED) is 0.666. The van der Waals surface area contributed by atoms with Crippen molar-refractivity contribution in [3.8, 4) is 11.5 Å². The third-order valence-electron chi connectivity index (χ3n) is 4.11. The van der Waals surface area contributed by atoms with Crippen LogP contribution in [0, 0.1) is 0 Å². The molecule has 8 heteroatoms. The molecule has 0 saturated carbocycles. The number of phenols is 1. The lowest BCUT2D eigenvalue weighted by molar-refractivity contribution is -0.319. The van der Waals surface area contributed by atoms with Crippen LogP contribution in [0.5, 0.6) is 11.5 Å². The Bertz CT molecular complexity index is 606.